The Bertz CT molecular complexity index is 288. The number of nitrogens with zero attached hydrogens (tertiary/aromatic N) is 2. The van der Waals surface area contributed by atoms with E-state index in [-0.39, 0.29) is 17.4 Å². The smallest absolute Gasteiger partial charge is 0.224 e. The Morgan fingerprint density at radius 1 is 1.33 bits per heavy atom. The van der Waals surface area contributed by atoms with Crippen molar-refractivity contribution in [2.75, 3.05) is 32.7 Å². The lowest BCUT2D eigenvalue weighted by molar-refractivity contribution is -0.133. The van der Waals surface area contributed by atoms with E-state index in [2.05, 4.69) is 32.3 Å². The Morgan fingerprint density at radius 2 is 1.89 bits per heavy atom. The SMILES string of the molecule is C=CCN1CCN(C(=O)CC(N)C(C)(C)C)CC1. The van der Waals surface area contributed by atoms with Crippen LogP contribution in [0.4, 0.5) is 0 Å². The summed E-state index contributed by atoms with van der Waals surface area (Å²) in [5.74, 6) is 0.190. The minimum atomic E-state index is -0.0730. The van der Waals surface area contributed by atoms with Gasteiger partial charge in [-0.2, -0.15) is 0 Å². The average molecular weight is 253 g/mol. The third kappa shape index (κ3) is 4.42. The van der Waals surface area contributed by atoms with Gasteiger partial charge in [-0.1, -0.05) is 26.8 Å². The number of amides is 1. The molecule has 1 unspecified atom stereocenters. The predicted octanol–water partition coefficient (Wildman–Crippen LogP) is 1.08. The van der Waals surface area contributed by atoms with Gasteiger partial charge >= 0.3 is 0 Å². The summed E-state index contributed by atoms with van der Waals surface area (Å²) in [7, 11) is 0. The van der Waals surface area contributed by atoms with Gasteiger partial charge in [-0.25, -0.2) is 0 Å². The Morgan fingerprint density at radius 3 is 2.33 bits per heavy atom. The Kier molecular flexibility index (Phi) is 5.35. The first kappa shape index (κ1) is 15.2. The molecule has 0 aromatic rings. The molecular weight excluding hydrogens is 226 g/mol. The molecule has 0 spiro atoms. The second-order valence-corrected chi connectivity index (χ2v) is 6.15. The Labute approximate surface area is 111 Å². The second kappa shape index (κ2) is 6.34. The normalized spacial score (nSPS) is 19.7. The largest absolute Gasteiger partial charge is 0.340 e. The summed E-state index contributed by atoms with van der Waals surface area (Å²) in [6.07, 6.45) is 2.36. The van der Waals surface area contributed by atoms with Crippen LogP contribution in [0.5, 0.6) is 0 Å². The molecule has 1 fully saturated rings. The van der Waals surface area contributed by atoms with E-state index in [1.54, 1.807) is 0 Å². The zero-order chi connectivity index (χ0) is 13.8. The van der Waals surface area contributed by atoms with Crippen LogP contribution in [0.15, 0.2) is 12.7 Å². The zero-order valence-corrected chi connectivity index (χ0v) is 12.0. The lowest BCUT2D eigenvalue weighted by Gasteiger charge is -2.35. The van der Waals surface area contributed by atoms with E-state index >= 15 is 0 Å². The molecule has 1 amide bonds. The molecule has 0 aromatic carbocycles. The van der Waals surface area contributed by atoms with Gasteiger partial charge in [-0.3, -0.25) is 9.69 Å². The van der Waals surface area contributed by atoms with E-state index in [9.17, 15) is 4.79 Å². The highest BCUT2D eigenvalue weighted by atomic mass is 16.2. The number of hydrogen-bond acceptors (Lipinski definition) is 3. The van der Waals surface area contributed by atoms with Crippen LogP contribution < -0.4 is 5.73 Å². The molecule has 18 heavy (non-hydrogen) atoms. The van der Waals surface area contributed by atoms with E-state index in [0.29, 0.717) is 6.42 Å². The van der Waals surface area contributed by atoms with Crippen molar-refractivity contribution < 1.29 is 4.79 Å². The Hall–Kier alpha value is -0.870. The van der Waals surface area contributed by atoms with Crippen LogP contribution >= 0.6 is 0 Å². The van der Waals surface area contributed by atoms with E-state index in [0.717, 1.165) is 32.7 Å². The summed E-state index contributed by atoms with van der Waals surface area (Å²) >= 11 is 0. The number of hydrogen-bond donors (Lipinski definition) is 1. The van der Waals surface area contributed by atoms with Crippen LogP contribution in [-0.4, -0.2) is 54.5 Å². The van der Waals surface area contributed by atoms with Crippen molar-refractivity contribution in [2.45, 2.75) is 33.2 Å². The molecule has 1 saturated heterocycles. The fourth-order valence-corrected chi connectivity index (χ4v) is 1.99. The molecule has 0 aromatic heterocycles. The first-order valence-electron chi connectivity index (χ1n) is 6.71. The van der Waals surface area contributed by atoms with Gasteiger partial charge in [0.2, 0.25) is 5.91 Å². The predicted molar refractivity (Wildman–Crippen MR) is 75.3 cm³/mol. The molecular formula is C14H27N3O. The maximum atomic E-state index is 12.1. The minimum absolute atomic E-state index is 0.0136. The topological polar surface area (TPSA) is 49.6 Å². The molecule has 1 atom stereocenters. The van der Waals surface area contributed by atoms with Crippen LogP contribution in [0.2, 0.25) is 0 Å². The standard InChI is InChI=1S/C14H27N3O/c1-5-6-16-7-9-17(10-8-16)13(18)11-12(15)14(2,3)4/h5,12H,1,6-11,15H2,2-4H3. The van der Waals surface area contributed by atoms with Crippen LogP contribution in [0, 0.1) is 5.41 Å². The fraction of sp³-hybridized carbons (Fsp3) is 0.786. The number of piperazine rings is 1. The van der Waals surface area contributed by atoms with Crippen LogP contribution in [-0.2, 0) is 4.79 Å². The van der Waals surface area contributed by atoms with Gasteiger partial charge in [-0.05, 0) is 5.41 Å². The van der Waals surface area contributed by atoms with E-state index in [1.807, 2.05) is 11.0 Å². The van der Waals surface area contributed by atoms with Gasteiger partial charge in [0.15, 0.2) is 0 Å². The number of rotatable bonds is 4. The molecule has 0 radical (unpaired) electrons. The summed E-state index contributed by atoms with van der Waals surface area (Å²) < 4.78 is 0. The van der Waals surface area contributed by atoms with Gasteiger partial charge in [0, 0.05) is 45.2 Å². The van der Waals surface area contributed by atoms with Crippen LogP contribution in [0.3, 0.4) is 0 Å². The van der Waals surface area contributed by atoms with Crippen molar-refractivity contribution in [1.82, 2.24) is 9.80 Å². The van der Waals surface area contributed by atoms with E-state index in [1.165, 1.54) is 0 Å². The van der Waals surface area contributed by atoms with Crippen molar-refractivity contribution in [2.24, 2.45) is 11.1 Å². The molecule has 1 rings (SSSR count). The van der Waals surface area contributed by atoms with Crippen molar-refractivity contribution in [3.8, 4) is 0 Å². The minimum Gasteiger partial charge on any atom is -0.340 e. The molecule has 1 aliphatic heterocycles. The van der Waals surface area contributed by atoms with Crippen molar-refractivity contribution >= 4 is 5.91 Å². The summed E-state index contributed by atoms with van der Waals surface area (Å²) in [5, 5.41) is 0. The third-order valence-electron chi connectivity index (χ3n) is 3.62. The molecule has 2 N–H and O–H groups in total. The van der Waals surface area contributed by atoms with Crippen molar-refractivity contribution in [3.05, 3.63) is 12.7 Å². The summed E-state index contributed by atoms with van der Waals surface area (Å²) in [4.78, 5) is 16.4. The maximum absolute atomic E-state index is 12.1. The first-order valence-corrected chi connectivity index (χ1v) is 6.71. The monoisotopic (exact) mass is 253 g/mol. The van der Waals surface area contributed by atoms with E-state index in [4.69, 9.17) is 5.73 Å². The van der Waals surface area contributed by atoms with Crippen LogP contribution in [0.1, 0.15) is 27.2 Å². The summed E-state index contributed by atoms with van der Waals surface area (Å²) in [6.45, 7) is 14.4. The zero-order valence-electron chi connectivity index (χ0n) is 12.0. The number of nitrogens with two attached hydrogens (primary N) is 1. The molecule has 0 bridgehead atoms. The molecule has 0 aliphatic carbocycles. The van der Waals surface area contributed by atoms with Gasteiger partial charge in [0.25, 0.3) is 0 Å². The molecule has 4 heteroatoms. The lowest BCUT2D eigenvalue weighted by Crippen LogP contribution is -2.50. The highest BCUT2D eigenvalue weighted by Gasteiger charge is 2.27. The quantitative estimate of drug-likeness (QED) is 0.763. The number of carbonyl (C=O) groups is 1. The fourth-order valence-electron chi connectivity index (χ4n) is 1.99. The van der Waals surface area contributed by atoms with Crippen molar-refractivity contribution in [1.29, 1.82) is 0 Å². The summed E-state index contributed by atoms with van der Waals surface area (Å²) in [6, 6.07) is -0.0730. The highest BCUT2D eigenvalue weighted by molar-refractivity contribution is 5.77. The third-order valence-corrected chi connectivity index (χ3v) is 3.62. The highest BCUT2D eigenvalue weighted by Crippen LogP contribution is 2.20. The van der Waals surface area contributed by atoms with E-state index < -0.39 is 0 Å². The van der Waals surface area contributed by atoms with Gasteiger partial charge in [0.1, 0.15) is 0 Å². The summed E-state index contributed by atoms with van der Waals surface area (Å²) in [5.41, 5.74) is 6.05. The molecule has 1 aliphatic rings. The molecule has 104 valence electrons. The molecule has 1 heterocycles. The van der Waals surface area contributed by atoms with Crippen LogP contribution in [0.25, 0.3) is 0 Å². The molecule has 0 saturated carbocycles. The second-order valence-electron chi connectivity index (χ2n) is 6.15. The number of carbonyl (C=O) groups excluding carboxylic acids is 1. The average Bonchev–Trinajstić information content (AvgIpc) is 2.29. The Balaban J connectivity index is 2.38. The molecule has 4 nitrogen and oxygen atoms in total. The maximum Gasteiger partial charge on any atom is 0.224 e. The first-order chi connectivity index (χ1) is 8.34. The van der Waals surface area contributed by atoms with Gasteiger partial charge in [0.05, 0.1) is 0 Å². The van der Waals surface area contributed by atoms with Gasteiger partial charge < -0.3 is 10.6 Å². The lowest BCUT2D eigenvalue weighted by atomic mass is 9.85. The van der Waals surface area contributed by atoms with Gasteiger partial charge in [-0.15, -0.1) is 6.58 Å². The van der Waals surface area contributed by atoms with Crippen molar-refractivity contribution in [3.63, 3.8) is 0 Å².